The van der Waals surface area contributed by atoms with Crippen molar-refractivity contribution in [3.05, 3.63) is 46.5 Å². The van der Waals surface area contributed by atoms with E-state index in [1.165, 1.54) is 9.80 Å². The van der Waals surface area contributed by atoms with Gasteiger partial charge in [0.1, 0.15) is 23.7 Å². The minimum absolute atomic E-state index is 0.00690. The number of benzene rings is 1. The maximum atomic E-state index is 14.1. The summed E-state index contributed by atoms with van der Waals surface area (Å²) in [6.45, 7) is 6.07. The smallest absolute Gasteiger partial charge is 0.410 e. The number of nitrogens with one attached hydrogen (secondary N) is 3. The zero-order chi connectivity index (χ0) is 32.5. The van der Waals surface area contributed by atoms with Gasteiger partial charge in [0, 0.05) is 36.0 Å². The van der Waals surface area contributed by atoms with Crippen molar-refractivity contribution in [2.45, 2.75) is 108 Å². The highest BCUT2D eigenvalue weighted by Gasteiger charge is 2.61. The second-order valence-corrected chi connectivity index (χ2v) is 14.0. The molecular formula is C32H42ClN5O7. The first-order valence-corrected chi connectivity index (χ1v) is 16.0. The Morgan fingerprint density at radius 1 is 1.11 bits per heavy atom. The molecule has 12 nitrogen and oxygen atoms in total. The summed E-state index contributed by atoms with van der Waals surface area (Å²) >= 11 is 6.12. The van der Waals surface area contributed by atoms with Gasteiger partial charge in [-0.15, -0.1) is 0 Å². The van der Waals surface area contributed by atoms with Crippen LogP contribution >= 0.6 is 11.6 Å². The van der Waals surface area contributed by atoms with E-state index in [-0.39, 0.29) is 25.3 Å². The van der Waals surface area contributed by atoms with Gasteiger partial charge in [0.2, 0.25) is 11.8 Å². The number of halogens is 1. The van der Waals surface area contributed by atoms with Crippen molar-refractivity contribution >= 4 is 41.5 Å². The zero-order valence-corrected chi connectivity index (χ0v) is 26.7. The van der Waals surface area contributed by atoms with Crippen LogP contribution in [0.1, 0.15) is 76.8 Å². The lowest BCUT2D eigenvalue weighted by Gasteiger charge is -2.30. The van der Waals surface area contributed by atoms with Gasteiger partial charge in [0.25, 0.3) is 0 Å². The molecule has 0 spiro atoms. The van der Waals surface area contributed by atoms with Crippen LogP contribution in [-0.2, 0) is 32.2 Å². The number of aliphatic carboxylic acids is 1. The number of allylic oxidation sites excluding steroid dienone is 1. The van der Waals surface area contributed by atoms with E-state index in [2.05, 4.69) is 16.0 Å². The second-order valence-electron chi connectivity index (χ2n) is 13.6. The highest BCUT2D eigenvalue weighted by atomic mass is 35.5. The molecule has 0 aromatic heterocycles. The molecule has 0 bridgehead atoms. The average Bonchev–Trinajstić information content (AvgIpc) is 3.26. The fourth-order valence-electron chi connectivity index (χ4n) is 6.39. The van der Waals surface area contributed by atoms with E-state index in [9.17, 15) is 29.1 Å². The fourth-order valence-corrected chi connectivity index (χ4v) is 6.59. The molecule has 3 heterocycles. The number of rotatable bonds is 3. The van der Waals surface area contributed by atoms with E-state index in [4.69, 9.17) is 16.3 Å². The Labute approximate surface area is 267 Å². The maximum Gasteiger partial charge on any atom is 0.410 e. The van der Waals surface area contributed by atoms with Gasteiger partial charge in [-0.3, -0.25) is 14.5 Å². The van der Waals surface area contributed by atoms with Crippen LogP contribution in [0.25, 0.3) is 0 Å². The van der Waals surface area contributed by atoms with Crippen molar-refractivity contribution in [2.75, 3.05) is 6.54 Å². The molecular weight excluding hydrogens is 602 g/mol. The number of urea groups is 1. The Bertz CT molecular complexity index is 1390. The SMILES string of the molecule is CC(C)(C)NC(=O)N[C@H]1CCCCCC=C[C@@H]2C[C@@]2(C(=O)O)NC(=O)[C@@H]2C[C@@H](OC(=O)N3Cc4ccc(Cl)cc4C3)CN2C1=O. The molecule has 5 amide bonds. The van der Waals surface area contributed by atoms with Gasteiger partial charge in [-0.1, -0.05) is 42.7 Å². The molecule has 1 aromatic rings. The Morgan fingerprint density at radius 3 is 2.60 bits per heavy atom. The lowest BCUT2D eigenvalue weighted by molar-refractivity contribution is -0.145. The van der Waals surface area contributed by atoms with E-state index in [0.717, 1.165) is 30.4 Å². The van der Waals surface area contributed by atoms with Crippen LogP contribution in [-0.4, -0.2) is 80.6 Å². The van der Waals surface area contributed by atoms with Crippen LogP contribution in [0.4, 0.5) is 9.59 Å². The van der Waals surface area contributed by atoms with Crippen LogP contribution in [0.5, 0.6) is 0 Å². The molecule has 5 atom stereocenters. The normalized spacial score (nSPS) is 28.5. The molecule has 5 rings (SSSR count). The van der Waals surface area contributed by atoms with Gasteiger partial charge >= 0.3 is 18.1 Å². The standard InChI is InChI=1S/C32H42ClN5O7/c1-31(2,3)36-29(43)34-24-10-8-6-4-5-7-9-21-15-32(21,28(41)42)35-26(39)25-14-23(18-38(25)27(24)40)45-30(44)37-16-19-11-12-22(33)13-20(19)17-37/h7,9,11-13,21,23-25H,4-6,8,10,14-18H2,1-3H3,(H,35,39)(H,41,42)(H2,34,36,43)/t21-,23-,24+,25+,32-/m1/s1. The first-order chi connectivity index (χ1) is 21.3. The molecule has 0 unspecified atom stereocenters. The summed E-state index contributed by atoms with van der Waals surface area (Å²) in [6.07, 6.45) is 6.02. The third kappa shape index (κ3) is 7.54. The first-order valence-electron chi connectivity index (χ1n) is 15.6. The number of fused-ring (bicyclic) bond motifs is 3. The molecule has 45 heavy (non-hydrogen) atoms. The fraction of sp³-hybridized carbons (Fsp3) is 0.594. The summed E-state index contributed by atoms with van der Waals surface area (Å²) in [5.41, 5.74) is -0.118. The van der Waals surface area contributed by atoms with Gasteiger partial charge in [-0.05, 0) is 69.7 Å². The molecule has 4 aliphatic rings. The van der Waals surface area contributed by atoms with Gasteiger partial charge in [0.05, 0.1) is 6.54 Å². The zero-order valence-electron chi connectivity index (χ0n) is 25.9. The van der Waals surface area contributed by atoms with Crippen molar-refractivity contribution in [3.8, 4) is 0 Å². The molecule has 2 fully saturated rings. The lowest BCUT2D eigenvalue weighted by atomic mass is 10.0. The number of carbonyl (C=O) groups is 5. The highest BCUT2D eigenvalue weighted by Crippen LogP contribution is 2.45. The number of carboxylic acid groups (broad SMARTS) is 1. The van der Waals surface area contributed by atoms with E-state index < -0.39 is 59.2 Å². The van der Waals surface area contributed by atoms with E-state index >= 15 is 0 Å². The van der Waals surface area contributed by atoms with Crippen LogP contribution in [0.3, 0.4) is 0 Å². The van der Waals surface area contributed by atoms with Crippen LogP contribution in [0, 0.1) is 5.92 Å². The molecule has 1 aliphatic carbocycles. The molecule has 1 saturated heterocycles. The quantitative estimate of drug-likeness (QED) is 0.366. The Hall–Kier alpha value is -3.80. The minimum atomic E-state index is -1.45. The number of amides is 5. The largest absolute Gasteiger partial charge is 0.479 e. The second kappa shape index (κ2) is 12.9. The number of nitrogens with zero attached hydrogens (tertiary/aromatic N) is 2. The first kappa shape index (κ1) is 32.6. The Morgan fingerprint density at radius 2 is 1.87 bits per heavy atom. The lowest BCUT2D eigenvalue weighted by Crippen LogP contribution is -2.58. The monoisotopic (exact) mass is 643 g/mol. The molecule has 0 radical (unpaired) electrons. The average molecular weight is 644 g/mol. The van der Waals surface area contributed by atoms with Crippen molar-refractivity contribution in [3.63, 3.8) is 0 Å². The number of carboxylic acids is 1. The highest BCUT2D eigenvalue weighted by molar-refractivity contribution is 6.30. The molecule has 1 saturated carbocycles. The summed E-state index contributed by atoms with van der Waals surface area (Å²) in [5.74, 6) is -2.60. The third-order valence-electron chi connectivity index (χ3n) is 8.83. The third-order valence-corrected chi connectivity index (χ3v) is 9.07. The summed E-state index contributed by atoms with van der Waals surface area (Å²) in [4.78, 5) is 69.1. The Balaban J connectivity index is 1.36. The predicted octanol–water partition coefficient (Wildman–Crippen LogP) is 3.71. The van der Waals surface area contributed by atoms with Crippen molar-refractivity contribution in [1.82, 2.24) is 25.8 Å². The number of ether oxygens (including phenoxy) is 1. The molecule has 1 aromatic carbocycles. The van der Waals surface area contributed by atoms with Gasteiger partial charge in [0.15, 0.2) is 0 Å². The van der Waals surface area contributed by atoms with Crippen LogP contribution in [0.2, 0.25) is 5.02 Å². The van der Waals surface area contributed by atoms with Gasteiger partial charge in [-0.2, -0.15) is 0 Å². The van der Waals surface area contributed by atoms with Crippen LogP contribution in [0.15, 0.2) is 30.4 Å². The van der Waals surface area contributed by atoms with E-state index in [1.54, 1.807) is 12.1 Å². The van der Waals surface area contributed by atoms with Crippen LogP contribution < -0.4 is 16.0 Å². The number of carbonyl (C=O) groups excluding carboxylic acids is 4. The molecule has 244 valence electrons. The van der Waals surface area contributed by atoms with E-state index in [0.29, 0.717) is 31.0 Å². The van der Waals surface area contributed by atoms with Gasteiger partial charge in [-0.25, -0.2) is 14.4 Å². The predicted molar refractivity (Wildman–Crippen MR) is 165 cm³/mol. The van der Waals surface area contributed by atoms with Crippen molar-refractivity contribution in [2.24, 2.45) is 5.92 Å². The number of hydrogen-bond acceptors (Lipinski definition) is 6. The maximum absolute atomic E-state index is 14.1. The summed E-state index contributed by atoms with van der Waals surface area (Å²) in [7, 11) is 0. The summed E-state index contributed by atoms with van der Waals surface area (Å²) in [5, 5.41) is 18.9. The summed E-state index contributed by atoms with van der Waals surface area (Å²) < 4.78 is 5.84. The molecule has 13 heteroatoms. The van der Waals surface area contributed by atoms with E-state index in [1.807, 2.05) is 39.0 Å². The minimum Gasteiger partial charge on any atom is -0.479 e. The number of hydrogen-bond donors (Lipinski definition) is 4. The Kier molecular flexibility index (Phi) is 9.34. The molecule has 4 N–H and O–H groups in total. The summed E-state index contributed by atoms with van der Waals surface area (Å²) in [6, 6.07) is 2.90. The molecule has 3 aliphatic heterocycles. The topological polar surface area (TPSA) is 157 Å². The van der Waals surface area contributed by atoms with Crippen molar-refractivity contribution in [1.29, 1.82) is 0 Å². The van der Waals surface area contributed by atoms with Crippen molar-refractivity contribution < 1.29 is 33.8 Å². The van der Waals surface area contributed by atoms with Gasteiger partial charge < -0.3 is 30.7 Å².